The molecular formula is BaMnO3. The second-order valence-electron chi connectivity index (χ2n) is 0. The Morgan fingerprint density at radius 1 is 0.600 bits per heavy atom. The van der Waals surface area contributed by atoms with Gasteiger partial charge < -0.3 is 16.4 Å². The van der Waals surface area contributed by atoms with Gasteiger partial charge in [0.2, 0.25) is 0 Å². The van der Waals surface area contributed by atoms with Gasteiger partial charge in [-0.25, -0.2) is 0 Å². The summed E-state index contributed by atoms with van der Waals surface area (Å²) in [6.07, 6.45) is 0. The molecule has 1 radical (unpaired) electrons. The molecule has 0 aromatic carbocycles. The van der Waals surface area contributed by atoms with E-state index in [1.807, 2.05) is 0 Å². The second kappa shape index (κ2) is 38.0. The molecule has 0 heterocycles. The van der Waals surface area contributed by atoms with Crippen molar-refractivity contribution in [3.63, 3.8) is 0 Å². The average molecular weight is 240 g/mol. The van der Waals surface area contributed by atoms with Crippen molar-refractivity contribution in [2.75, 3.05) is 0 Å². The Balaban J connectivity index is 0. The van der Waals surface area contributed by atoms with Crippen molar-refractivity contribution in [2.45, 2.75) is 0 Å². The van der Waals surface area contributed by atoms with E-state index in [-0.39, 0.29) is 82.4 Å². The van der Waals surface area contributed by atoms with Crippen LogP contribution < -0.4 is 0 Å². The van der Waals surface area contributed by atoms with Crippen molar-refractivity contribution in [3.05, 3.63) is 0 Å². The number of rotatable bonds is 0. The van der Waals surface area contributed by atoms with Crippen molar-refractivity contribution >= 4 is 48.9 Å². The number of hydrogen-bond acceptors (Lipinski definition) is 0. The summed E-state index contributed by atoms with van der Waals surface area (Å²) in [5.74, 6) is 0. The molecule has 0 atom stereocenters. The first-order chi connectivity index (χ1) is 0. The van der Waals surface area contributed by atoms with Crippen LogP contribution in [0.4, 0.5) is 0 Å². The van der Waals surface area contributed by atoms with E-state index in [4.69, 9.17) is 0 Å². The third-order valence-corrected chi connectivity index (χ3v) is 0. The molecule has 0 saturated carbocycles. The normalized spacial score (nSPS) is 0. The SMILES string of the molecule is [Ba+2].[Mn+4].[O-2].[O-2].[O-2]. The maximum absolute atomic E-state index is 0. The molecule has 0 fully saturated rings. The van der Waals surface area contributed by atoms with Crippen LogP contribution in [0.15, 0.2) is 0 Å². The Labute approximate surface area is 81.0 Å². The van der Waals surface area contributed by atoms with Crippen LogP contribution in [-0.2, 0) is 33.5 Å². The molecule has 0 aromatic rings. The minimum absolute atomic E-state index is 0. The molecule has 0 unspecified atom stereocenters. The van der Waals surface area contributed by atoms with Crippen LogP contribution in [0.2, 0.25) is 0 Å². The minimum Gasteiger partial charge on any atom is -2.00 e. The molecule has 0 rings (SSSR count). The van der Waals surface area contributed by atoms with E-state index in [1.54, 1.807) is 0 Å². The molecule has 3 nitrogen and oxygen atoms in total. The molecule has 0 aliphatic heterocycles. The first-order valence-corrected chi connectivity index (χ1v) is 0. The summed E-state index contributed by atoms with van der Waals surface area (Å²) in [6.45, 7) is 0. The van der Waals surface area contributed by atoms with Crippen LogP contribution in [0.1, 0.15) is 0 Å². The van der Waals surface area contributed by atoms with E-state index in [0.29, 0.717) is 0 Å². The maximum atomic E-state index is 0. The molecule has 0 aliphatic rings. The van der Waals surface area contributed by atoms with E-state index in [1.165, 1.54) is 0 Å². The third kappa shape index (κ3) is 24.2. The molecule has 0 aromatic heterocycles. The van der Waals surface area contributed by atoms with Crippen LogP contribution in [0.5, 0.6) is 0 Å². The zero-order valence-electron chi connectivity index (χ0n) is 2.31. The van der Waals surface area contributed by atoms with E-state index >= 15 is 0 Å². The van der Waals surface area contributed by atoms with Crippen molar-refractivity contribution in [3.8, 4) is 0 Å². The van der Waals surface area contributed by atoms with Gasteiger partial charge >= 0.3 is 65.9 Å². The topological polar surface area (TPSA) is 85.5 Å². The molecule has 0 spiro atoms. The van der Waals surface area contributed by atoms with Gasteiger partial charge in [0, 0.05) is 0 Å². The number of hydrogen-bond donors (Lipinski definition) is 0. The van der Waals surface area contributed by atoms with Gasteiger partial charge in [-0.15, -0.1) is 0 Å². The largest absolute Gasteiger partial charge is 4.00 e. The van der Waals surface area contributed by atoms with E-state index < -0.39 is 0 Å². The van der Waals surface area contributed by atoms with Crippen LogP contribution in [0.25, 0.3) is 0 Å². The van der Waals surface area contributed by atoms with E-state index in [9.17, 15) is 0 Å². The monoisotopic (exact) mass is 241 g/mol. The smallest absolute Gasteiger partial charge is 2.00 e. The van der Waals surface area contributed by atoms with Gasteiger partial charge in [-0.2, -0.15) is 0 Å². The predicted molar refractivity (Wildman–Crippen MR) is 7.81 cm³/mol. The van der Waals surface area contributed by atoms with Gasteiger partial charge in [-0.3, -0.25) is 0 Å². The predicted octanol–water partition coefficient (Wildman–Crippen LogP) is -0.740. The second-order valence-corrected chi connectivity index (χ2v) is 0. The summed E-state index contributed by atoms with van der Waals surface area (Å²) in [4.78, 5) is 0. The van der Waals surface area contributed by atoms with Gasteiger partial charge in [0.05, 0.1) is 0 Å². The van der Waals surface area contributed by atoms with Gasteiger partial charge in [0.15, 0.2) is 0 Å². The van der Waals surface area contributed by atoms with Crippen LogP contribution >= 0.6 is 0 Å². The molecule has 0 bridgehead atoms. The Kier molecular flexibility index (Phi) is 486. The molecule has 0 aliphatic carbocycles. The molecule has 5 heavy (non-hydrogen) atoms. The van der Waals surface area contributed by atoms with Crippen molar-refractivity contribution < 1.29 is 33.5 Å². The molecule has 0 N–H and O–H groups in total. The fourth-order valence-corrected chi connectivity index (χ4v) is 0. The zero-order valence-corrected chi connectivity index (χ0v) is 7.93. The van der Waals surface area contributed by atoms with Crippen LogP contribution in [0.3, 0.4) is 0 Å². The Hall–Kier alpha value is 1.97. The van der Waals surface area contributed by atoms with Crippen molar-refractivity contribution in [1.82, 2.24) is 0 Å². The summed E-state index contributed by atoms with van der Waals surface area (Å²) in [5, 5.41) is 0. The summed E-state index contributed by atoms with van der Waals surface area (Å²) in [6, 6.07) is 0. The van der Waals surface area contributed by atoms with Crippen molar-refractivity contribution in [1.29, 1.82) is 0 Å². The minimum atomic E-state index is 0. The fourth-order valence-electron chi connectivity index (χ4n) is 0. The standard InChI is InChI=1S/Ba.Mn.3O/q+2;+4;3*-2. The first-order valence-electron chi connectivity index (χ1n) is 0. The zero-order chi connectivity index (χ0) is 0. The van der Waals surface area contributed by atoms with E-state index in [0.717, 1.165) is 0 Å². The first kappa shape index (κ1) is 64.0. The Morgan fingerprint density at radius 2 is 0.600 bits per heavy atom. The van der Waals surface area contributed by atoms with Gasteiger partial charge in [-0.05, 0) is 0 Å². The van der Waals surface area contributed by atoms with Gasteiger partial charge in [-0.1, -0.05) is 0 Å². The summed E-state index contributed by atoms with van der Waals surface area (Å²) in [7, 11) is 0. The van der Waals surface area contributed by atoms with Gasteiger partial charge in [0.1, 0.15) is 0 Å². The average Bonchev–Trinajstić information content (AvgIpc) is 0. The quantitative estimate of drug-likeness (QED) is 0.499. The Morgan fingerprint density at radius 3 is 0.600 bits per heavy atom. The third-order valence-electron chi connectivity index (χ3n) is 0. The molecule has 0 saturated heterocycles. The summed E-state index contributed by atoms with van der Waals surface area (Å²) in [5.41, 5.74) is 0. The van der Waals surface area contributed by atoms with Crippen molar-refractivity contribution in [2.24, 2.45) is 0 Å². The summed E-state index contributed by atoms with van der Waals surface area (Å²) >= 11 is 0. The molecule has 0 amide bonds. The Bertz CT molecular complexity index is 6.85. The molecule has 5 heteroatoms. The maximum Gasteiger partial charge on any atom is 4.00 e. The van der Waals surface area contributed by atoms with Gasteiger partial charge in [0.25, 0.3) is 0 Å². The van der Waals surface area contributed by atoms with Crippen LogP contribution in [0, 0.1) is 0 Å². The van der Waals surface area contributed by atoms with E-state index in [2.05, 4.69) is 0 Å². The molecular weight excluding hydrogens is 240 g/mol. The van der Waals surface area contributed by atoms with Crippen LogP contribution in [-0.4, -0.2) is 48.9 Å². The summed E-state index contributed by atoms with van der Waals surface area (Å²) < 4.78 is 0. The fraction of sp³-hybridized carbons (Fsp3) is 0. The molecule has 27 valence electrons.